The zero-order chi connectivity index (χ0) is 25.0. The second-order valence-corrected chi connectivity index (χ2v) is 8.21. The number of aromatic amines is 1. The van der Waals surface area contributed by atoms with E-state index in [4.69, 9.17) is 11.6 Å². The number of nitrogens with one attached hydrogen (secondary N) is 2. The molecule has 0 spiro atoms. The van der Waals surface area contributed by atoms with Crippen LogP contribution in [0.1, 0.15) is 10.4 Å². The normalized spacial score (nSPS) is 14.9. The highest BCUT2D eigenvalue weighted by molar-refractivity contribution is 6.20. The van der Waals surface area contributed by atoms with E-state index in [1.54, 1.807) is 23.2 Å². The van der Waals surface area contributed by atoms with Gasteiger partial charge in [0, 0.05) is 61.4 Å². The van der Waals surface area contributed by atoms with Gasteiger partial charge in [0.15, 0.2) is 0 Å². The number of anilines is 2. The zero-order valence-corrected chi connectivity index (χ0v) is 19.0. The first-order valence-corrected chi connectivity index (χ1v) is 11.0. The summed E-state index contributed by atoms with van der Waals surface area (Å²) in [6.45, 7) is 1.66. The number of carbonyl (C=O) groups is 1. The van der Waals surface area contributed by atoms with Crippen molar-refractivity contribution >= 4 is 29.0 Å². The molecule has 3 heterocycles. The van der Waals surface area contributed by atoms with Crippen LogP contribution in [0.15, 0.2) is 48.8 Å². The Labute approximate surface area is 202 Å². The molecule has 2 aromatic heterocycles. The lowest BCUT2D eigenvalue weighted by Crippen LogP contribution is -2.48. The summed E-state index contributed by atoms with van der Waals surface area (Å²) in [6.07, 6.45) is 0.602. The average molecular weight is 513 g/mol. The standard InChI is InChI=1S/C22H21ClF4N6O2/c23-22(26,27)35-16-3-1-15(2-4-16)30-21(34)14-11-17(18-5-6-29-31-18)20(28-12-14)33-9-7-32(8-10-33)13-19(24)25/h1-6,11-12,19H,7-10,13H2,(H,29,31)(H,30,34). The Kier molecular flexibility index (Phi) is 7.41. The second kappa shape index (κ2) is 10.5. The third kappa shape index (κ3) is 6.61. The lowest BCUT2D eigenvalue weighted by atomic mass is 10.1. The first-order chi connectivity index (χ1) is 16.7. The summed E-state index contributed by atoms with van der Waals surface area (Å²) in [7, 11) is 0. The molecule has 186 valence electrons. The van der Waals surface area contributed by atoms with E-state index >= 15 is 0 Å². The van der Waals surface area contributed by atoms with Gasteiger partial charge in [0.2, 0.25) is 0 Å². The zero-order valence-electron chi connectivity index (χ0n) is 18.2. The van der Waals surface area contributed by atoms with Gasteiger partial charge < -0.3 is 15.0 Å². The maximum atomic E-state index is 12.8. The highest BCUT2D eigenvalue weighted by atomic mass is 35.5. The van der Waals surface area contributed by atoms with Crippen molar-refractivity contribution < 1.29 is 27.1 Å². The van der Waals surface area contributed by atoms with E-state index in [1.807, 2.05) is 4.90 Å². The van der Waals surface area contributed by atoms with Crippen molar-refractivity contribution in [3.8, 4) is 17.0 Å². The van der Waals surface area contributed by atoms with Gasteiger partial charge in [-0.2, -0.15) is 5.10 Å². The number of hydrogen-bond donors (Lipinski definition) is 2. The Morgan fingerprint density at radius 3 is 2.49 bits per heavy atom. The van der Waals surface area contributed by atoms with Crippen molar-refractivity contribution in [2.45, 2.75) is 12.0 Å². The molecular weight excluding hydrogens is 492 g/mol. The Morgan fingerprint density at radius 2 is 1.89 bits per heavy atom. The topological polar surface area (TPSA) is 86.4 Å². The maximum absolute atomic E-state index is 12.8. The number of carbonyl (C=O) groups excluding carboxylic acids is 1. The Bertz CT molecular complexity index is 1130. The first-order valence-electron chi connectivity index (χ1n) is 10.6. The summed E-state index contributed by atoms with van der Waals surface area (Å²) in [5.74, 6) is -0.0295. The third-order valence-corrected chi connectivity index (χ3v) is 5.41. The second-order valence-electron chi connectivity index (χ2n) is 7.77. The fourth-order valence-electron chi connectivity index (χ4n) is 3.72. The molecule has 0 atom stereocenters. The van der Waals surface area contributed by atoms with Crippen LogP contribution in [0.2, 0.25) is 0 Å². The van der Waals surface area contributed by atoms with Crippen LogP contribution in [0.4, 0.5) is 29.1 Å². The number of nitrogens with zero attached hydrogens (tertiary/aromatic N) is 4. The number of rotatable bonds is 8. The van der Waals surface area contributed by atoms with Crippen LogP contribution in [0.3, 0.4) is 0 Å². The molecule has 0 bridgehead atoms. The van der Waals surface area contributed by atoms with Gasteiger partial charge in [-0.15, -0.1) is 8.78 Å². The Balaban J connectivity index is 1.50. The molecule has 1 aromatic carbocycles. The molecule has 3 aromatic rings. The highest BCUT2D eigenvalue weighted by Crippen LogP contribution is 2.30. The summed E-state index contributed by atoms with van der Waals surface area (Å²) < 4.78 is 55.1. The average Bonchev–Trinajstić information content (AvgIpc) is 3.34. The number of benzene rings is 1. The minimum Gasteiger partial charge on any atom is -0.420 e. The number of piperazine rings is 1. The van der Waals surface area contributed by atoms with Crippen LogP contribution >= 0.6 is 11.6 Å². The minimum atomic E-state index is -3.84. The van der Waals surface area contributed by atoms with Gasteiger partial charge in [0.25, 0.3) is 12.3 Å². The third-order valence-electron chi connectivity index (χ3n) is 5.33. The molecule has 0 aliphatic carbocycles. The van der Waals surface area contributed by atoms with Gasteiger partial charge in [-0.3, -0.25) is 14.8 Å². The van der Waals surface area contributed by atoms with Crippen molar-refractivity contribution in [3.05, 3.63) is 54.4 Å². The number of hydrogen-bond acceptors (Lipinski definition) is 6. The first kappa shape index (κ1) is 24.7. The number of aromatic nitrogens is 3. The van der Waals surface area contributed by atoms with E-state index in [9.17, 15) is 22.4 Å². The molecule has 2 N–H and O–H groups in total. The molecule has 4 rings (SSSR count). The molecule has 1 saturated heterocycles. The SMILES string of the molecule is O=C(Nc1ccc(OC(F)(F)Cl)cc1)c1cnc(N2CCN(CC(F)F)CC2)c(-c2ccn[nH]2)c1. The van der Waals surface area contributed by atoms with E-state index in [0.717, 1.165) is 0 Å². The molecule has 1 aliphatic rings. The number of ether oxygens (including phenoxy) is 1. The molecule has 8 nitrogen and oxygen atoms in total. The summed E-state index contributed by atoms with van der Waals surface area (Å²) in [5, 5.41) is 9.50. The van der Waals surface area contributed by atoms with Crippen LogP contribution in [0.25, 0.3) is 11.3 Å². The molecule has 1 aliphatic heterocycles. The fraction of sp³-hybridized carbons (Fsp3) is 0.318. The van der Waals surface area contributed by atoms with E-state index in [1.165, 1.54) is 30.5 Å². The highest BCUT2D eigenvalue weighted by Gasteiger charge is 2.27. The smallest absolute Gasteiger partial charge is 0.420 e. The van der Waals surface area contributed by atoms with E-state index in [0.29, 0.717) is 48.9 Å². The molecule has 1 fully saturated rings. The molecule has 1 amide bonds. The summed E-state index contributed by atoms with van der Waals surface area (Å²) in [5.41, 5.74) is -1.97. The van der Waals surface area contributed by atoms with E-state index in [-0.39, 0.29) is 17.9 Å². The van der Waals surface area contributed by atoms with Crippen LogP contribution < -0.4 is 15.0 Å². The Hall–Kier alpha value is -3.38. The molecule has 13 heteroatoms. The summed E-state index contributed by atoms with van der Waals surface area (Å²) >= 11 is 4.75. The molecule has 0 radical (unpaired) electrons. The summed E-state index contributed by atoms with van der Waals surface area (Å²) in [6, 6.07) is 8.68. The van der Waals surface area contributed by atoms with Crippen molar-refractivity contribution in [1.82, 2.24) is 20.1 Å². The van der Waals surface area contributed by atoms with Gasteiger partial charge in [0.1, 0.15) is 11.6 Å². The molecule has 0 saturated carbocycles. The van der Waals surface area contributed by atoms with Gasteiger partial charge >= 0.3 is 5.57 Å². The van der Waals surface area contributed by atoms with Crippen LogP contribution in [0.5, 0.6) is 5.75 Å². The number of H-pyrrole nitrogens is 1. The number of halogens is 5. The van der Waals surface area contributed by atoms with Gasteiger partial charge in [0.05, 0.1) is 17.8 Å². The minimum absolute atomic E-state index is 0.163. The van der Waals surface area contributed by atoms with Gasteiger partial charge in [-0.05, 0) is 36.4 Å². The number of alkyl halides is 5. The fourth-order valence-corrected chi connectivity index (χ4v) is 3.81. The van der Waals surface area contributed by atoms with Crippen molar-refractivity contribution in [2.75, 3.05) is 42.9 Å². The lowest BCUT2D eigenvalue weighted by Gasteiger charge is -2.36. The van der Waals surface area contributed by atoms with Crippen LogP contribution in [-0.2, 0) is 0 Å². The summed E-state index contributed by atoms with van der Waals surface area (Å²) in [4.78, 5) is 21.0. The molecular formula is C22H21ClF4N6O2. The Morgan fingerprint density at radius 1 is 1.17 bits per heavy atom. The predicted molar refractivity (Wildman–Crippen MR) is 122 cm³/mol. The van der Waals surface area contributed by atoms with Crippen molar-refractivity contribution in [1.29, 1.82) is 0 Å². The number of pyridine rings is 1. The molecule has 35 heavy (non-hydrogen) atoms. The monoisotopic (exact) mass is 512 g/mol. The maximum Gasteiger partial charge on any atom is 0.487 e. The predicted octanol–water partition coefficient (Wildman–Crippen LogP) is 4.28. The van der Waals surface area contributed by atoms with Crippen molar-refractivity contribution in [3.63, 3.8) is 0 Å². The van der Waals surface area contributed by atoms with Gasteiger partial charge in [-0.1, -0.05) is 0 Å². The van der Waals surface area contributed by atoms with E-state index in [2.05, 4.69) is 25.2 Å². The van der Waals surface area contributed by atoms with Gasteiger partial charge in [-0.25, -0.2) is 13.8 Å². The van der Waals surface area contributed by atoms with Crippen molar-refractivity contribution in [2.24, 2.45) is 0 Å². The molecule has 0 unspecified atom stereocenters. The van der Waals surface area contributed by atoms with Crippen LogP contribution in [-0.4, -0.2) is 70.7 Å². The largest absolute Gasteiger partial charge is 0.487 e. The van der Waals surface area contributed by atoms with Crippen LogP contribution in [0, 0.1) is 0 Å². The lowest BCUT2D eigenvalue weighted by molar-refractivity contribution is -0.0964. The quantitative estimate of drug-likeness (QED) is 0.346. The number of amides is 1. The van der Waals surface area contributed by atoms with E-state index < -0.39 is 17.9 Å².